The fourth-order valence-electron chi connectivity index (χ4n) is 2.22. The van der Waals surface area contributed by atoms with Gasteiger partial charge in [-0.25, -0.2) is 13.4 Å². The maximum absolute atomic E-state index is 12.1. The quantitative estimate of drug-likeness (QED) is 0.905. The number of sulfone groups is 1. The highest BCUT2D eigenvalue weighted by molar-refractivity contribution is 7.91. The molecule has 0 bridgehead atoms. The van der Waals surface area contributed by atoms with E-state index in [0.717, 1.165) is 18.5 Å². The number of oxazole rings is 1. The third-order valence-electron chi connectivity index (χ3n) is 3.22. The van der Waals surface area contributed by atoms with Crippen LogP contribution in [0.15, 0.2) is 10.8 Å². The van der Waals surface area contributed by atoms with Crippen molar-refractivity contribution in [1.82, 2.24) is 10.3 Å². The van der Waals surface area contributed by atoms with Crippen LogP contribution in [0, 0.1) is 0 Å². The lowest BCUT2D eigenvalue weighted by Crippen LogP contribution is -2.25. The molecule has 0 aliphatic carbocycles. The Balaban J connectivity index is 2.20. The van der Waals surface area contributed by atoms with Crippen molar-refractivity contribution in [3.8, 4) is 0 Å². The monoisotopic (exact) mass is 272 g/mol. The Bertz CT molecular complexity index is 493. The van der Waals surface area contributed by atoms with Crippen molar-refractivity contribution in [3.63, 3.8) is 0 Å². The number of nitrogens with zero attached hydrogens (tertiary/aromatic N) is 1. The second-order valence-corrected chi connectivity index (χ2v) is 7.35. The number of aromatic nitrogens is 1. The fraction of sp³-hybridized carbons (Fsp3) is 0.750. The predicted octanol–water partition coefficient (Wildman–Crippen LogP) is 1.81. The van der Waals surface area contributed by atoms with E-state index in [4.69, 9.17) is 4.42 Å². The lowest BCUT2D eigenvalue weighted by molar-refractivity contribution is 0.456. The Morgan fingerprint density at radius 3 is 2.94 bits per heavy atom. The first-order chi connectivity index (χ1) is 8.50. The maximum atomic E-state index is 12.1. The van der Waals surface area contributed by atoms with Gasteiger partial charge in [0.05, 0.1) is 11.4 Å². The summed E-state index contributed by atoms with van der Waals surface area (Å²) >= 11 is 0. The summed E-state index contributed by atoms with van der Waals surface area (Å²) in [5.41, 5.74) is 0.721. The van der Waals surface area contributed by atoms with Crippen molar-refractivity contribution in [3.05, 3.63) is 17.8 Å². The van der Waals surface area contributed by atoms with Crippen LogP contribution >= 0.6 is 0 Å². The van der Waals surface area contributed by atoms with E-state index in [1.165, 1.54) is 6.39 Å². The summed E-state index contributed by atoms with van der Waals surface area (Å²) in [5.74, 6) is 0.790. The summed E-state index contributed by atoms with van der Waals surface area (Å²) < 4.78 is 29.5. The molecule has 1 unspecified atom stereocenters. The molecule has 1 atom stereocenters. The molecule has 2 heterocycles. The van der Waals surface area contributed by atoms with Crippen LogP contribution in [0.25, 0.3) is 0 Å². The number of hydrogen-bond donors (Lipinski definition) is 1. The van der Waals surface area contributed by atoms with E-state index >= 15 is 0 Å². The molecule has 5 nitrogen and oxygen atoms in total. The summed E-state index contributed by atoms with van der Waals surface area (Å²) in [6, 6.07) is 0.331. The Morgan fingerprint density at radius 1 is 1.50 bits per heavy atom. The molecule has 2 rings (SSSR count). The van der Waals surface area contributed by atoms with E-state index in [9.17, 15) is 8.42 Å². The van der Waals surface area contributed by atoms with Crippen molar-refractivity contribution in [2.75, 3.05) is 5.75 Å². The summed E-state index contributed by atoms with van der Waals surface area (Å²) in [7, 11) is -3.07. The fourth-order valence-corrected chi connectivity index (χ4v) is 4.16. The molecule has 18 heavy (non-hydrogen) atoms. The van der Waals surface area contributed by atoms with Gasteiger partial charge in [0.1, 0.15) is 11.0 Å². The minimum Gasteiger partial charge on any atom is -0.447 e. The van der Waals surface area contributed by atoms with Gasteiger partial charge in [-0.2, -0.15) is 0 Å². The van der Waals surface area contributed by atoms with E-state index in [0.29, 0.717) is 24.8 Å². The highest BCUT2D eigenvalue weighted by atomic mass is 32.2. The first-order valence-corrected chi connectivity index (χ1v) is 8.09. The normalized spacial score (nSPS) is 23.4. The van der Waals surface area contributed by atoms with Gasteiger partial charge in [0.15, 0.2) is 16.2 Å². The average molecular weight is 272 g/mol. The zero-order valence-corrected chi connectivity index (χ0v) is 11.7. The second-order valence-electron chi connectivity index (χ2n) is 5.05. The maximum Gasteiger partial charge on any atom is 0.181 e. The first-order valence-electron chi connectivity index (χ1n) is 6.38. The molecule has 1 fully saturated rings. The minimum absolute atomic E-state index is 0.259. The van der Waals surface area contributed by atoms with E-state index in [2.05, 4.69) is 10.3 Å². The molecule has 0 spiro atoms. The van der Waals surface area contributed by atoms with Gasteiger partial charge in [0.25, 0.3) is 0 Å². The van der Waals surface area contributed by atoms with Crippen LogP contribution in [0.2, 0.25) is 0 Å². The lowest BCUT2D eigenvalue weighted by atomic mass is 10.1. The Morgan fingerprint density at radius 2 is 2.28 bits per heavy atom. The van der Waals surface area contributed by atoms with Crippen LogP contribution in [-0.4, -0.2) is 25.2 Å². The largest absolute Gasteiger partial charge is 0.447 e. The van der Waals surface area contributed by atoms with Crippen molar-refractivity contribution >= 4 is 9.84 Å². The molecule has 102 valence electrons. The van der Waals surface area contributed by atoms with E-state index in [1.807, 2.05) is 13.8 Å². The minimum atomic E-state index is -3.07. The zero-order chi connectivity index (χ0) is 13.2. The third kappa shape index (κ3) is 2.92. The smallest absolute Gasteiger partial charge is 0.181 e. The average Bonchev–Trinajstić information content (AvgIpc) is 2.73. The van der Waals surface area contributed by atoms with Crippen LogP contribution in [0.1, 0.15) is 49.8 Å². The topological polar surface area (TPSA) is 72.2 Å². The number of rotatable bonds is 4. The standard InChI is InChI=1S/C12H20N2O3S/c1-9(2)13-7-10-12(17-8-14-10)11-5-3-4-6-18(11,15)16/h8-9,11,13H,3-7H2,1-2H3. The SMILES string of the molecule is CC(C)NCc1ncoc1C1CCCCS1(=O)=O. The van der Waals surface area contributed by atoms with Gasteiger partial charge in [-0.3, -0.25) is 0 Å². The molecular weight excluding hydrogens is 252 g/mol. The number of nitrogens with one attached hydrogen (secondary N) is 1. The molecule has 1 aliphatic heterocycles. The van der Waals surface area contributed by atoms with E-state index in [-0.39, 0.29) is 5.75 Å². The molecule has 1 N–H and O–H groups in total. The molecule has 6 heteroatoms. The molecule has 1 aromatic rings. The summed E-state index contributed by atoms with van der Waals surface area (Å²) in [6.45, 7) is 4.63. The molecule has 1 aliphatic rings. The van der Waals surface area contributed by atoms with Gasteiger partial charge in [-0.05, 0) is 12.8 Å². The molecule has 1 aromatic heterocycles. The van der Waals surface area contributed by atoms with Gasteiger partial charge in [-0.15, -0.1) is 0 Å². The van der Waals surface area contributed by atoms with Gasteiger partial charge in [-0.1, -0.05) is 20.3 Å². The third-order valence-corrected chi connectivity index (χ3v) is 5.40. The van der Waals surface area contributed by atoms with Crippen LogP contribution in [0.5, 0.6) is 0 Å². The Labute approximate surface area is 108 Å². The first kappa shape index (κ1) is 13.5. The van der Waals surface area contributed by atoms with Crippen molar-refractivity contribution in [1.29, 1.82) is 0 Å². The summed E-state index contributed by atoms with van der Waals surface area (Å²) in [5, 5.41) is 2.74. The van der Waals surface area contributed by atoms with Crippen LogP contribution in [-0.2, 0) is 16.4 Å². The summed E-state index contributed by atoms with van der Waals surface area (Å²) in [4.78, 5) is 4.14. The second kappa shape index (κ2) is 5.40. The number of hydrogen-bond acceptors (Lipinski definition) is 5. The highest BCUT2D eigenvalue weighted by Crippen LogP contribution is 2.34. The molecule has 1 saturated heterocycles. The van der Waals surface area contributed by atoms with E-state index in [1.54, 1.807) is 0 Å². The highest BCUT2D eigenvalue weighted by Gasteiger charge is 2.34. The molecule has 0 amide bonds. The van der Waals surface area contributed by atoms with Crippen molar-refractivity contribution in [2.24, 2.45) is 0 Å². The van der Waals surface area contributed by atoms with Gasteiger partial charge >= 0.3 is 0 Å². The van der Waals surface area contributed by atoms with Crippen molar-refractivity contribution in [2.45, 2.75) is 50.9 Å². The van der Waals surface area contributed by atoms with Gasteiger partial charge in [0, 0.05) is 12.6 Å². The Kier molecular flexibility index (Phi) is 4.07. The van der Waals surface area contributed by atoms with Crippen LogP contribution in [0.3, 0.4) is 0 Å². The van der Waals surface area contributed by atoms with Crippen LogP contribution in [0.4, 0.5) is 0 Å². The predicted molar refractivity (Wildman–Crippen MR) is 68.9 cm³/mol. The molecule has 0 saturated carbocycles. The zero-order valence-electron chi connectivity index (χ0n) is 10.8. The van der Waals surface area contributed by atoms with Gasteiger partial charge in [0.2, 0.25) is 0 Å². The molecule has 0 radical (unpaired) electrons. The molecule has 0 aromatic carbocycles. The van der Waals surface area contributed by atoms with E-state index < -0.39 is 15.1 Å². The summed E-state index contributed by atoms with van der Waals surface area (Å²) in [6.07, 6.45) is 3.68. The lowest BCUT2D eigenvalue weighted by Gasteiger charge is -2.21. The van der Waals surface area contributed by atoms with Crippen molar-refractivity contribution < 1.29 is 12.8 Å². The Hall–Kier alpha value is -0.880. The van der Waals surface area contributed by atoms with Gasteiger partial charge < -0.3 is 9.73 Å². The van der Waals surface area contributed by atoms with Crippen LogP contribution < -0.4 is 5.32 Å². The molecular formula is C12H20N2O3S.